The summed E-state index contributed by atoms with van der Waals surface area (Å²) >= 11 is 8.13. The van der Waals surface area contributed by atoms with Gasteiger partial charge in [0.15, 0.2) is 11.5 Å². The zero-order valence-electron chi connectivity index (χ0n) is 6.85. The first-order valence-corrected chi connectivity index (χ1v) is 5.47. The van der Waals surface area contributed by atoms with Crippen molar-refractivity contribution in [2.75, 3.05) is 13.2 Å². The quantitative estimate of drug-likeness (QED) is 0.686. The molecule has 0 N–H and O–H groups in total. The van der Waals surface area contributed by atoms with Gasteiger partial charge in [-0.05, 0) is 28.7 Å². The number of benzene rings is 1. The van der Waals surface area contributed by atoms with Crippen molar-refractivity contribution in [2.45, 2.75) is 6.42 Å². The third kappa shape index (κ3) is 2.02. The standard InChI is InChI=1S/C9H8ClIO2/c10-6-4-8-9(5-7(6)11)13-3-1-2-12-8/h4-5H,1-3H2. The van der Waals surface area contributed by atoms with Crippen LogP contribution in [0.15, 0.2) is 12.1 Å². The zero-order chi connectivity index (χ0) is 9.26. The summed E-state index contributed by atoms with van der Waals surface area (Å²) in [4.78, 5) is 0. The van der Waals surface area contributed by atoms with Gasteiger partial charge in [0.05, 0.1) is 18.2 Å². The molecule has 2 rings (SSSR count). The summed E-state index contributed by atoms with van der Waals surface area (Å²) in [5.41, 5.74) is 0. The van der Waals surface area contributed by atoms with Crippen molar-refractivity contribution in [3.63, 3.8) is 0 Å². The zero-order valence-corrected chi connectivity index (χ0v) is 9.76. The molecule has 0 spiro atoms. The van der Waals surface area contributed by atoms with Crippen LogP contribution in [0.4, 0.5) is 0 Å². The molecule has 1 heterocycles. The minimum absolute atomic E-state index is 0.698. The Morgan fingerprint density at radius 2 is 1.77 bits per heavy atom. The second-order valence-electron chi connectivity index (χ2n) is 2.76. The maximum atomic E-state index is 5.96. The Morgan fingerprint density at radius 3 is 2.46 bits per heavy atom. The van der Waals surface area contributed by atoms with Crippen molar-refractivity contribution >= 4 is 34.2 Å². The van der Waals surface area contributed by atoms with E-state index in [1.165, 1.54) is 0 Å². The van der Waals surface area contributed by atoms with Crippen LogP contribution < -0.4 is 9.47 Å². The van der Waals surface area contributed by atoms with Crippen molar-refractivity contribution in [1.82, 2.24) is 0 Å². The molecule has 0 bridgehead atoms. The van der Waals surface area contributed by atoms with Gasteiger partial charge in [-0.25, -0.2) is 0 Å². The predicted molar refractivity (Wildman–Crippen MR) is 59.8 cm³/mol. The molecule has 0 aliphatic carbocycles. The summed E-state index contributed by atoms with van der Waals surface area (Å²) in [5, 5.41) is 0.713. The predicted octanol–water partition coefficient (Wildman–Crippen LogP) is 3.11. The fourth-order valence-corrected chi connectivity index (χ4v) is 1.75. The normalized spacial score (nSPS) is 15.2. The van der Waals surface area contributed by atoms with Gasteiger partial charge in [0.2, 0.25) is 0 Å². The van der Waals surface area contributed by atoms with Crippen LogP contribution in [-0.2, 0) is 0 Å². The Labute approximate surface area is 95.3 Å². The number of rotatable bonds is 0. The van der Waals surface area contributed by atoms with E-state index < -0.39 is 0 Å². The van der Waals surface area contributed by atoms with E-state index >= 15 is 0 Å². The average molecular weight is 311 g/mol. The van der Waals surface area contributed by atoms with Crippen LogP contribution in [0.5, 0.6) is 11.5 Å². The Morgan fingerprint density at radius 1 is 1.15 bits per heavy atom. The first-order chi connectivity index (χ1) is 6.27. The molecule has 1 aliphatic heterocycles. The summed E-state index contributed by atoms with van der Waals surface area (Å²) in [6.07, 6.45) is 0.920. The molecule has 70 valence electrons. The summed E-state index contributed by atoms with van der Waals surface area (Å²) in [5.74, 6) is 1.55. The summed E-state index contributed by atoms with van der Waals surface area (Å²) in [7, 11) is 0. The SMILES string of the molecule is Clc1cc2c(cc1I)OCCCO2. The number of ether oxygens (including phenoxy) is 2. The maximum Gasteiger partial charge on any atom is 0.162 e. The molecule has 0 saturated carbocycles. The van der Waals surface area contributed by atoms with Crippen LogP contribution in [0, 0.1) is 3.57 Å². The Kier molecular flexibility index (Phi) is 2.83. The molecule has 0 amide bonds. The topological polar surface area (TPSA) is 18.5 Å². The highest BCUT2D eigenvalue weighted by atomic mass is 127. The number of fused-ring (bicyclic) bond motifs is 1. The molecule has 2 nitrogen and oxygen atoms in total. The number of hydrogen-bond donors (Lipinski definition) is 0. The lowest BCUT2D eigenvalue weighted by Gasteiger charge is -2.07. The van der Waals surface area contributed by atoms with E-state index in [9.17, 15) is 0 Å². The third-order valence-electron chi connectivity index (χ3n) is 1.79. The van der Waals surface area contributed by atoms with E-state index in [-0.39, 0.29) is 0 Å². The van der Waals surface area contributed by atoms with E-state index in [0.29, 0.717) is 18.2 Å². The molecule has 13 heavy (non-hydrogen) atoms. The second kappa shape index (κ2) is 3.92. The molecule has 4 heteroatoms. The second-order valence-corrected chi connectivity index (χ2v) is 4.33. The van der Waals surface area contributed by atoms with Gasteiger partial charge in [0.1, 0.15) is 0 Å². The van der Waals surface area contributed by atoms with Crippen LogP contribution in [0.2, 0.25) is 5.02 Å². The van der Waals surface area contributed by atoms with Gasteiger partial charge in [0.25, 0.3) is 0 Å². The fraction of sp³-hybridized carbons (Fsp3) is 0.333. The first kappa shape index (κ1) is 9.40. The monoisotopic (exact) mass is 310 g/mol. The Hall–Kier alpha value is -0.160. The maximum absolute atomic E-state index is 5.96. The highest BCUT2D eigenvalue weighted by molar-refractivity contribution is 14.1. The van der Waals surface area contributed by atoms with E-state index in [2.05, 4.69) is 22.6 Å². The molecule has 0 atom stereocenters. The van der Waals surface area contributed by atoms with Gasteiger partial charge in [-0.3, -0.25) is 0 Å². The molecule has 0 fully saturated rings. The highest BCUT2D eigenvalue weighted by Gasteiger charge is 2.12. The van der Waals surface area contributed by atoms with E-state index in [4.69, 9.17) is 21.1 Å². The van der Waals surface area contributed by atoms with Gasteiger partial charge < -0.3 is 9.47 Å². The van der Waals surface area contributed by atoms with Gasteiger partial charge in [-0.1, -0.05) is 11.6 Å². The van der Waals surface area contributed by atoms with Crippen molar-refractivity contribution in [3.05, 3.63) is 20.7 Å². The van der Waals surface area contributed by atoms with Gasteiger partial charge in [0, 0.05) is 16.1 Å². The lowest BCUT2D eigenvalue weighted by molar-refractivity contribution is 0.297. The number of halogens is 2. The van der Waals surface area contributed by atoms with Crippen molar-refractivity contribution in [3.8, 4) is 11.5 Å². The Balaban J connectivity index is 2.43. The molecular weight excluding hydrogens is 302 g/mol. The summed E-state index contributed by atoms with van der Waals surface area (Å²) in [6.45, 7) is 1.41. The fourth-order valence-electron chi connectivity index (χ4n) is 1.16. The van der Waals surface area contributed by atoms with Crippen LogP contribution in [0.1, 0.15) is 6.42 Å². The Bertz CT molecular complexity index is 297. The van der Waals surface area contributed by atoms with Crippen LogP contribution in [0.25, 0.3) is 0 Å². The molecule has 1 aromatic rings. The largest absolute Gasteiger partial charge is 0.490 e. The molecule has 0 saturated heterocycles. The average Bonchev–Trinajstić information content (AvgIpc) is 2.31. The van der Waals surface area contributed by atoms with Crippen LogP contribution in [-0.4, -0.2) is 13.2 Å². The minimum atomic E-state index is 0.698. The van der Waals surface area contributed by atoms with Gasteiger partial charge in [-0.2, -0.15) is 0 Å². The van der Waals surface area contributed by atoms with Crippen molar-refractivity contribution < 1.29 is 9.47 Å². The summed E-state index contributed by atoms with van der Waals surface area (Å²) in [6, 6.07) is 3.72. The molecule has 1 aliphatic rings. The molecule has 0 unspecified atom stereocenters. The third-order valence-corrected chi connectivity index (χ3v) is 3.31. The van der Waals surface area contributed by atoms with E-state index in [1.807, 2.05) is 12.1 Å². The first-order valence-electron chi connectivity index (χ1n) is 4.02. The van der Waals surface area contributed by atoms with Gasteiger partial charge in [-0.15, -0.1) is 0 Å². The number of hydrogen-bond acceptors (Lipinski definition) is 2. The molecule has 1 aromatic carbocycles. The smallest absolute Gasteiger partial charge is 0.162 e. The lowest BCUT2D eigenvalue weighted by Crippen LogP contribution is -1.97. The van der Waals surface area contributed by atoms with E-state index in [1.54, 1.807) is 0 Å². The lowest BCUT2D eigenvalue weighted by atomic mass is 10.3. The molecule has 0 radical (unpaired) electrons. The summed E-state index contributed by atoms with van der Waals surface area (Å²) < 4.78 is 12.0. The molecule has 0 aromatic heterocycles. The highest BCUT2D eigenvalue weighted by Crippen LogP contribution is 2.35. The van der Waals surface area contributed by atoms with Crippen LogP contribution >= 0.6 is 34.2 Å². The minimum Gasteiger partial charge on any atom is -0.490 e. The van der Waals surface area contributed by atoms with Crippen molar-refractivity contribution in [2.24, 2.45) is 0 Å². The van der Waals surface area contributed by atoms with Crippen LogP contribution in [0.3, 0.4) is 0 Å². The van der Waals surface area contributed by atoms with E-state index in [0.717, 1.165) is 21.5 Å². The van der Waals surface area contributed by atoms with Gasteiger partial charge >= 0.3 is 0 Å². The van der Waals surface area contributed by atoms with Crippen molar-refractivity contribution in [1.29, 1.82) is 0 Å². The molecular formula is C9H8ClIO2.